The molecule has 0 aromatic carbocycles. The Morgan fingerprint density at radius 2 is 2.16 bits per heavy atom. The maximum Gasteiger partial charge on any atom is 0.270 e. The van der Waals surface area contributed by atoms with Crippen molar-refractivity contribution >= 4 is 11.7 Å². The van der Waals surface area contributed by atoms with Crippen LogP contribution in [0.25, 0.3) is 0 Å². The third kappa shape index (κ3) is 4.48. The van der Waals surface area contributed by atoms with Crippen LogP contribution in [-0.2, 0) is 0 Å². The standard InChI is InChI=1S/C13H21N5O/c1-9-15-11(13(19)17-10-4-5-10)8-12(16-9)14-6-7-18(2)3/h8,10H,4-7H2,1-3H3,(H,17,19)(H,14,15,16). The molecule has 0 unspecified atom stereocenters. The summed E-state index contributed by atoms with van der Waals surface area (Å²) in [6, 6.07) is 2.05. The van der Waals surface area contributed by atoms with Crippen molar-refractivity contribution in [3.63, 3.8) is 0 Å². The third-order valence-corrected chi connectivity index (χ3v) is 2.85. The number of carbonyl (C=O) groups excluding carboxylic acids is 1. The van der Waals surface area contributed by atoms with Gasteiger partial charge in [-0.1, -0.05) is 0 Å². The molecule has 0 aliphatic heterocycles. The highest BCUT2D eigenvalue weighted by atomic mass is 16.2. The van der Waals surface area contributed by atoms with Crippen LogP contribution >= 0.6 is 0 Å². The smallest absolute Gasteiger partial charge is 0.270 e. The molecule has 1 aliphatic carbocycles. The molecule has 1 aromatic rings. The van der Waals surface area contributed by atoms with Crippen molar-refractivity contribution in [3.8, 4) is 0 Å². The van der Waals surface area contributed by atoms with Crippen LogP contribution in [0.3, 0.4) is 0 Å². The second-order valence-electron chi connectivity index (χ2n) is 5.16. The highest BCUT2D eigenvalue weighted by Crippen LogP contribution is 2.19. The average Bonchev–Trinajstić information content (AvgIpc) is 3.11. The Bertz CT molecular complexity index is 456. The molecule has 19 heavy (non-hydrogen) atoms. The van der Waals surface area contributed by atoms with E-state index in [4.69, 9.17) is 0 Å². The summed E-state index contributed by atoms with van der Waals surface area (Å²) in [5.74, 6) is 1.20. The zero-order valence-electron chi connectivity index (χ0n) is 11.7. The van der Waals surface area contributed by atoms with Crippen molar-refractivity contribution in [2.45, 2.75) is 25.8 Å². The van der Waals surface area contributed by atoms with Crippen LogP contribution in [0.5, 0.6) is 0 Å². The number of hydrogen-bond donors (Lipinski definition) is 2. The normalized spacial score (nSPS) is 14.5. The molecule has 6 nitrogen and oxygen atoms in total. The number of nitrogens with zero attached hydrogens (tertiary/aromatic N) is 3. The van der Waals surface area contributed by atoms with Crippen LogP contribution in [-0.4, -0.2) is 54.0 Å². The van der Waals surface area contributed by atoms with Crippen molar-refractivity contribution in [1.82, 2.24) is 20.2 Å². The zero-order chi connectivity index (χ0) is 13.8. The quantitative estimate of drug-likeness (QED) is 0.788. The van der Waals surface area contributed by atoms with Crippen LogP contribution in [0.4, 0.5) is 5.82 Å². The SMILES string of the molecule is Cc1nc(NCCN(C)C)cc(C(=O)NC2CC2)n1. The van der Waals surface area contributed by atoms with E-state index < -0.39 is 0 Å². The molecule has 2 N–H and O–H groups in total. The number of aromatic nitrogens is 2. The van der Waals surface area contributed by atoms with Crippen LogP contribution in [0.1, 0.15) is 29.2 Å². The minimum atomic E-state index is -0.108. The van der Waals surface area contributed by atoms with Gasteiger partial charge >= 0.3 is 0 Å². The number of likely N-dealkylation sites (N-methyl/N-ethyl adjacent to an activating group) is 1. The molecule has 1 aliphatic rings. The molecule has 0 atom stereocenters. The van der Waals surface area contributed by atoms with Crippen molar-refractivity contribution in [3.05, 3.63) is 17.6 Å². The molecule has 1 amide bonds. The summed E-state index contributed by atoms with van der Waals surface area (Å²) in [7, 11) is 4.03. The van der Waals surface area contributed by atoms with Gasteiger partial charge in [-0.15, -0.1) is 0 Å². The first-order valence-corrected chi connectivity index (χ1v) is 6.60. The molecule has 0 radical (unpaired) electrons. The molecular weight excluding hydrogens is 242 g/mol. The van der Waals surface area contributed by atoms with E-state index in [-0.39, 0.29) is 5.91 Å². The number of rotatable bonds is 6. The molecule has 0 bridgehead atoms. The van der Waals surface area contributed by atoms with E-state index in [2.05, 4.69) is 25.5 Å². The highest BCUT2D eigenvalue weighted by Gasteiger charge is 2.24. The molecule has 6 heteroatoms. The number of aryl methyl sites for hydroxylation is 1. The number of anilines is 1. The third-order valence-electron chi connectivity index (χ3n) is 2.85. The number of hydrogen-bond acceptors (Lipinski definition) is 5. The van der Waals surface area contributed by atoms with Gasteiger partial charge in [-0.2, -0.15) is 0 Å². The first kappa shape index (κ1) is 13.7. The van der Waals surface area contributed by atoms with Gasteiger partial charge in [0.1, 0.15) is 17.3 Å². The van der Waals surface area contributed by atoms with Gasteiger partial charge in [0.2, 0.25) is 0 Å². The largest absolute Gasteiger partial charge is 0.369 e. The second-order valence-corrected chi connectivity index (χ2v) is 5.16. The maximum absolute atomic E-state index is 11.9. The Morgan fingerprint density at radius 3 is 2.79 bits per heavy atom. The van der Waals surface area contributed by atoms with Gasteiger partial charge < -0.3 is 15.5 Å². The summed E-state index contributed by atoms with van der Waals surface area (Å²) in [5, 5.41) is 6.14. The minimum Gasteiger partial charge on any atom is -0.369 e. The van der Waals surface area contributed by atoms with E-state index in [0.717, 1.165) is 25.9 Å². The average molecular weight is 263 g/mol. The lowest BCUT2D eigenvalue weighted by Crippen LogP contribution is -2.27. The molecule has 0 spiro atoms. The first-order valence-electron chi connectivity index (χ1n) is 6.60. The van der Waals surface area contributed by atoms with Crippen molar-refractivity contribution < 1.29 is 4.79 Å². The van der Waals surface area contributed by atoms with Gasteiger partial charge in [-0.25, -0.2) is 9.97 Å². The van der Waals surface area contributed by atoms with Crippen molar-refractivity contribution in [1.29, 1.82) is 0 Å². The van der Waals surface area contributed by atoms with E-state index >= 15 is 0 Å². The highest BCUT2D eigenvalue weighted by molar-refractivity contribution is 5.93. The molecule has 1 fully saturated rings. The number of carbonyl (C=O) groups is 1. The van der Waals surface area contributed by atoms with E-state index in [1.807, 2.05) is 14.1 Å². The lowest BCUT2D eigenvalue weighted by molar-refractivity contribution is 0.0945. The molecule has 0 saturated heterocycles. The number of amides is 1. The maximum atomic E-state index is 11.9. The summed E-state index contributed by atoms with van der Waals surface area (Å²) in [5.41, 5.74) is 0.437. The Kier molecular flexibility index (Phi) is 4.31. The molecule has 1 heterocycles. The van der Waals surface area contributed by atoms with E-state index in [1.54, 1.807) is 13.0 Å². The van der Waals surface area contributed by atoms with E-state index in [9.17, 15) is 4.79 Å². The Labute approximate surface area is 113 Å². The Hall–Kier alpha value is -1.69. The molecule has 1 aromatic heterocycles. The minimum absolute atomic E-state index is 0.108. The summed E-state index contributed by atoms with van der Waals surface area (Å²) in [6.45, 7) is 3.49. The first-order chi connectivity index (χ1) is 9.04. The van der Waals surface area contributed by atoms with Crippen molar-refractivity contribution in [2.75, 3.05) is 32.5 Å². The van der Waals surface area contributed by atoms with Gasteiger partial charge in [0.05, 0.1) is 0 Å². The van der Waals surface area contributed by atoms with Crippen LogP contribution in [0.2, 0.25) is 0 Å². The van der Waals surface area contributed by atoms with Gasteiger partial charge in [0.15, 0.2) is 0 Å². The van der Waals surface area contributed by atoms with Gasteiger partial charge in [-0.05, 0) is 33.9 Å². The second kappa shape index (κ2) is 5.97. The van der Waals surface area contributed by atoms with Crippen molar-refractivity contribution in [2.24, 2.45) is 0 Å². The molecule has 104 valence electrons. The van der Waals surface area contributed by atoms with Gasteiger partial charge in [-0.3, -0.25) is 4.79 Å². The summed E-state index contributed by atoms with van der Waals surface area (Å²) < 4.78 is 0. The Balaban J connectivity index is 1.99. The number of nitrogens with one attached hydrogen (secondary N) is 2. The lowest BCUT2D eigenvalue weighted by atomic mass is 10.3. The summed E-state index contributed by atoms with van der Waals surface area (Å²) in [6.07, 6.45) is 2.15. The fraction of sp³-hybridized carbons (Fsp3) is 0.615. The van der Waals surface area contributed by atoms with E-state index in [1.165, 1.54) is 0 Å². The van der Waals surface area contributed by atoms with Gasteiger partial charge in [0.25, 0.3) is 5.91 Å². The summed E-state index contributed by atoms with van der Waals surface area (Å²) >= 11 is 0. The van der Waals surface area contributed by atoms with Crippen LogP contribution in [0.15, 0.2) is 6.07 Å². The Morgan fingerprint density at radius 1 is 1.42 bits per heavy atom. The topological polar surface area (TPSA) is 70.2 Å². The predicted molar refractivity (Wildman–Crippen MR) is 74.3 cm³/mol. The molecular formula is C13H21N5O. The molecule has 1 saturated carbocycles. The van der Waals surface area contributed by atoms with E-state index in [0.29, 0.717) is 23.4 Å². The van der Waals surface area contributed by atoms with Crippen LogP contribution in [0, 0.1) is 6.92 Å². The predicted octanol–water partition coefficient (Wildman–Crippen LogP) is 0.651. The van der Waals surface area contributed by atoms with Crippen LogP contribution < -0.4 is 10.6 Å². The lowest BCUT2D eigenvalue weighted by Gasteiger charge is -2.12. The molecule has 2 rings (SSSR count). The monoisotopic (exact) mass is 263 g/mol. The summed E-state index contributed by atoms with van der Waals surface area (Å²) in [4.78, 5) is 22.5. The fourth-order valence-corrected chi connectivity index (χ4v) is 1.67. The fourth-order valence-electron chi connectivity index (χ4n) is 1.67. The zero-order valence-corrected chi connectivity index (χ0v) is 11.7. The van der Waals surface area contributed by atoms with Gasteiger partial charge in [0, 0.05) is 25.2 Å².